The second-order valence-electron chi connectivity index (χ2n) is 23.1. The van der Waals surface area contributed by atoms with Crippen molar-refractivity contribution in [3.8, 4) is 45.0 Å². The van der Waals surface area contributed by atoms with Crippen molar-refractivity contribution in [2.24, 2.45) is 0 Å². The lowest BCUT2D eigenvalue weighted by Gasteiger charge is -2.20. The number of aryl methyl sites for hydroxylation is 2. The molecule has 0 aliphatic heterocycles. The van der Waals surface area contributed by atoms with Crippen molar-refractivity contribution in [2.45, 2.75) is 19.8 Å². The molecule has 0 spiro atoms. The summed E-state index contributed by atoms with van der Waals surface area (Å²) < 4.78 is 22.2. The molecule has 4 nitrogen and oxygen atoms in total. The summed E-state index contributed by atoms with van der Waals surface area (Å²) in [5, 5.41) is 10.2. The van der Waals surface area contributed by atoms with E-state index in [1.807, 2.05) is 0 Å². The largest absolute Gasteiger partial charge is 0.309 e. The number of hydrogen-bond acceptors (Lipinski definition) is 0. The Labute approximate surface area is 533 Å². The van der Waals surface area contributed by atoms with Crippen LogP contribution in [0, 0.1) is 13.8 Å². The molecule has 17 aromatic rings. The SMILES string of the molecule is Cc1cc(-n2c3ccccc3c3ccccc32)ccc1-c1ccc(-n2c3ccccc3c3ccccc32)cc1C.[2H]C([B])P.[3H]CP.c1ccc2c(c1)-c1ccccc1C2c1cc(-n2c3ccccc3c3ccccc32)cc(-n2c3ccccc3c3ccccc32)c1. The summed E-state index contributed by atoms with van der Waals surface area (Å²) in [7, 11) is 9.09. The molecule has 0 saturated heterocycles. The first-order valence-corrected chi connectivity index (χ1v) is 32.1. The van der Waals surface area contributed by atoms with Crippen LogP contribution in [0.1, 0.15) is 36.5 Å². The van der Waals surface area contributed by atoms with Crippen molar-refractivity contribution < 1.29 is 2.74 Å². The quantitative estimate of drug-likeness (QED) is 0.117. The van der Waals surface area contributed by atoms with Gasteiger partial charge < -0.3 is 18.3 Å². The van der Waals surface area contributed by atoms with E-state index in [0.717, 1.165) is 0 Å². The van der Waals surface area contributed by atoms with Crippen molar-refractivity contribution in [1.29, 1.82) is 0 Å². The van der Waals surface area contributed by atoms with Gasteiger partial charge in [0.15, 0.2) is 0 Å². The highest BCUT2D eigenvalue weighted by molar-refractivity contribution is 7.19. The molecule has 90 heavy (non-hydrogen) atoms. The van der Waals surface area contributed by atoms with E-state index in [0.29, 0.717) is 6.64 Å². The first-order valence-electron chi connectivity index (χ1n) is 31.9. The lowest BCUT2D eigenvalue weighted by molar-refractivity contribution is 0.997. The minimum Gasteiger partial charge on any atom is -0.309 e. The third-order valence-corrected chi connectivity index (χ3v) is 18.2. The minimum absolute atomic E-state index is 0.136. The predicted molar refractivity (Wildman–Crippen MR) is 394 cm³/mol. The number of hydrogen-bond donors (Lipinski definition) is 0. The number of benzene rings is 13. The fourth-order valence-electron chi connectivity index (χ4n) is 14.5. The summed E-state index contributed by atoms with van der Waals surface area (Å²) in [6, 6.07) is 108. The molecule has 0 saturated carbocycles. The average Bonchev–Trinajstić information content (AvgIpc) is 1.59. The van der Waals surface area contributed by atoms with Crippen LogP contribution in [0.5, 0.6) is 0 Å². The summed E-state index contributed by atoms with van der Waals surface area (Å²) in [4.78, 5) is 0. The Morgan fingerprint density at radius 3 is 0.833 bits per heavy atom. The third-order valence-electron chi connectivity index (χ3n) is 18.2. The molecule has 1 aliphatic rings. The second-order valence-corrected chi connectivity index (χ2v) is 23.4. The van der Waals surface area contributed by atoms with Crippen LogP contribution in [0.3, 0.4) is 0 Å². The van der Waals surface area contributed by atoms with E-state index in [-0.39, 0.29) is 5.92 Å². The monoisotopic (exact) mass is 1190 g/mol. The first kappa shape index (κ1) is 54.2. The Balaban J connectivity index is 0.000000140. The standard InChI is InChI=1S/C43H28N2.C38H28N2.CH4BP.CH5P/c1-3-19-37-31(13-1)32-14-2-4-20-38(32)43(37)28-25-29(44-39-21-9-5-15-33(39)34-16-6-10-22-40(34)44)27-30(26-28)45-41-23-11-7-17-35(41)36-18-8-12-24-42(36)45;1-25-23-27(39-35-15-7-3-11-31(35)32-12-4-8-16-36(32)39)19-21-29(25)30-22-20-28(24-26(30)2)40-37-17-9-5-13-33(37)34-14-6-10-18-38(34)40;2-1-3;1-2/h1-27,43H;3-24H,1-2H3;1,3H2;2H2,1H3/i;;1D;1T. The molecule has 13 aromatic carbocycles. The van der Waals surface area contributed by atoms with E-state index in [9.17, 15) is 0 Å². The topological polar surface area (TPSA) is 19.7 Å². The second kappa shape index (κ2) is 23.8. The van der Waals surface area contributed by atoms with Gasteiger partial charge in [-0.2, -0.15) is 0 Å². The molecule has 430 valence electrons. The summed E-state index contributed by atoms with van der Waals surface area (Å²) in [5.74, 6) is 0.136. The maximum atomic E-state index is 6.32. The Morgan fingerprint density at radius 2 is 0.567 bits per heavy atom. The third kappa shape index (κ3) is 9.38. The molecule has 4 aromatic heterocycles. The number of rotatable bonds is 6. The van der Waals surface area contributed by atoms with Crippen LogP contribution in [-0.4, -0.2) is 38.8 Å². The molecule has 3 unspecified atom stereocenters. The van der Waals surface area contributed by atoms with Crippen LogP contribution in [0.4, 0.5) is 0 Å². The van der Waals surface area contributed by atoms with Crippen LogP contribution in [0.15, 0.2) is 297 Å². The zero-order valence-electron chi connectivity index (χ0n) is 52.2. The summed E-state index contributed by atoms with van der Waals surface area (Å²) in [6.45, 7) is 4.88. The van der Waals surface area contributed by atoms with Crippen LogP contribution < -0.4 is 0 Å². The van der Waals surface area contributed by atoms with Gasteiger partial charge in [-0.25, -0.2) is 0 Å². The maximum absolute atomic E-state index is 6.32. The molecule has 0 N–H and O–H groups in total. The lowest BCUT2D eigenvalue weighted by atomic mass is 9.88. The molecule has 0 fully saturated rings. The van der Waals surface area contributed by atoms with E-state index < -0.39 is 6.04 Å². The van der Waals surface area contributed by atoms with Crippen molar-refractivity contribution in [2.75, 3.05) is 12.7 Å². The van der Waals surface area contributed by atoms with Crippen LogP contribution >= 0.6 is 18.5 Å². The maximum Gasteiger partial charge on any atom is 0.0709 e. The molecule has 0 bridgehead atoms. The van der Waals surface area contributed by atoms with Gasteiger partial charge in [-0.15, -0.1) is 18.5 Å². The smallest absolute Gasteiger partial charge is 0.0709 e. The molecule has 3 atom stereocenters. The summed E-state index contributed by atoms with van der Waals surface area (Å²) >= 11 is 0. The van der Waals surface area contributed by atoms with E-state index in [2.05, 4.69) is 348 Å². The van der Waals surface area contributed by atoms with Gasteiger partial charge >= 0.3 is 0 Å². The van der Waals surface area contributed by atoms with Gasteiger partial charge in [0.05, 0.1) is 52.0 Å². The van der Waals surface area contributed by atoms with E-state index in [4.69, 9.17) is 10.6 Å². The van der Waals surface area contributed by atoms with Gasteiger partial charge in [0.25, 0.3) is 0 Å². The van der Waals surface area contributed by atoms with Crippen molar-refractivity contribution in [3.63, 3.8) is 0 Å². The fraction of sp³-hybridized carbons (Fsp3) is 0.0602. The fourth-order valence-corrected chi connectivity index (χ4v) is 14.5. The average molecular weight is 1190 g/mol. The lowest BCUT2D eigenvalue weighted by Crippen LogP contribution is -2.05. The summed E-state index contributed by atoms with van der Waals surface area (Å²) in [5.41, 5.74) is 26.3. The molecule has 7 heteroatoms. The Bertz CT molecular complexity index is 5100. The highest BCUT2D eigenvalue weighted by Crippen LogP contribution is 2.49. The number of nitrogens with zero attached hydrogens (tertiary/aromatic N) is 4. The van der Waals surface area contributed by atoms with Crippen LogP contribution in [-0.2, 0) is 0 Å². The molecular formula is C83H65BN4P2. The van der Waals surface area contributed by atoms with Gasteiger partial charge in [-0.3, -0.25) is 0 Å². The van der Waals surface area contributed by atoms with Crippen molar-refractivity contribution in [3.05, 3.63) is 325 Å². The first-order chi connectivity index (χ1) is 45.2. The molecule has 4 heterocycles. The zero-order chi connectivity index (χ0) is 62.6. The predicted octanol–water partition coefficient (Wildman–Crippen LogP) is 21.7. The van der Waals surface area contributed by atoms with E-state index in [1.165, 1.54) is 160 Å². The van der Waals surface area contributed by atoms with E-state index >= 15 is 0 Å². The van der Waals surface area contributed by atoms with E-state index in [1.54, 1.807) is 0 Å². The highest BCUT2D eigenvalue weighted by Gasteiger charge is 2.31. The van der Waals surface area contributed by atoms with Gasteiger partial charge in [0.2, 0.25) is 0 Å². The number of fused-ring (bicyclic) bond motifs is 15. The van der Waals surface area contributed by atoms with Gasteiger partial charge in [-0.1, -0.05) is 219 Å². The highest BCUT2D eigenvalue weighted by atomic mass is 31.0. The Morgan fingerprint density at radius 1 is 0.333 bits per heavy atom. The zero-order valence-corrected chi connectivity index (χ0v) is 52.5. The van der Waals surface area contributed by atoms with Crippen LogP contribution in [0.25, 0.3) is 132 Å². The summed E-state index contributed by atoms with van der Waals surface area (Å²) in [6.07, 6.45) is 0. The van der Waals surface area contributed by atoms with Gasteiger partial charge in [-0.05, 0) is 155 Å². The van der Waals surface area contributed by atoms with Gasteiger partial charge in [0.1, 0.15) is 0 Å². The molecule has 2 radical (unpaired) electrons. The number of aromatic nitrogens is 4. The Hall–Kier alpha value is -10.0. The molecule has 1 aliphatic carbocycles. The molecular weight excluding hydrogens is 1130 g/mol. The number of para-hydroxylation sites is 8. The normalized spacial score (nSPS) is 12.5. The molecule has 18 rings (SSSR count). The molecule has 0 amide bonds. The minimum atomic E-state index is -0.500. The van der Waals surface area contributed by atoms with Gasteiger partial charge in [0, 0.05) is 74.5 Å². The van der Waals surface area contributed by atoms with Crippen molar-refractivity contribution >= 4 is 114 Å². The Kier molecular flexibility index (Phi) is 14.3. The van der Waals surface area contributed by atoms with Crippen molar-refractivity contribution in [1.82, 2.24) is 18.3 Å². The van der Waals surface area contributed by atoms with Crippen LogP contribution in [0.2, 0.25) is 0 Å².